The Morgan fingerprint density at radius 2 is 1.62 bits per heavy atom. The van der Waals surface area contributed by atoms with E-state index in [9.17, 15) is 9.59 Å². The third-order valence-electron chi connectivity index (χ3n) is 6.40. The highest BCUT2D eigenvalue weighted by molar-refractivity contribution is 6.33. The van der Waals surface area contributed by atoms with Crippen molar-refractivity contribution >= 4 is 29.1 Å². The zero-order valence-electron chi connectivity index (χ0n) is 17.5. The zero-order valence-corrected chi connectivity index (χ0v) is 18.3. The summed E-state index contributed by atoms with van der Waals surface area (Å²) in [5.41, 5.74) is 0.640. The summed E-state index contributed by atoms with van der Waals surface area (Å²) in [4.78, 5) is 29.1. The van der Waals surface area contributed by atoms with Gasteiger partial charge in [-0.1, -0.05) is 50.4 Å². The molecule has 1 saturated heterocycles. The van der Waals surface area contributed by atoms with E-state index in [1.54, 1.807) is 12.1 Å². The second-order valence-electron chi connectivity index (χ2n) is 8.52. The second-order valence-corrected chi connectivity index (χ2v) is 8.93. The van der Waals surface area contributed by atoms with Gasteiger partial charge in [0.25, 0.3) is 0 Å². The highest BCUT2D eigenvalue weighted by atomic mass is 35.5. The first-order valence-corrected chi connectivity index (χ1v) is 11.1. The molecule has 160 valence electrons. The topological polar surface area (TPSA) is 64.7 Å². The van der Waals surface area contributed by atoms with Crippen molar-refractivity contribution in [3.63, 3.8) is 0 Å². The van der Waals surface area contributed by atoms with Gasteiger partial charge in [0.2, 0.25) is 11.8 Å². The van der Waals surface area contributed by atoms with Crippen LogP contribution in [-0.4, -0.2) is 66.9 Å². The van der Waals surface area contributed by atoms with Gasteiger partial charge < -0.3 is 10.6 Å². The molecule has 7 heteroatoms. The molecule has 29 heavy (non-hydrogen) atoms. The number of hydrogen-bond acceptors (Lipinski definition) is 4. The zero-order chi connectivity index (χ0) is 20.8. The first-order valence-electron chi connectivity index (χ1n) is 10.7. The fraction of sp³-hybridized carbons (Fsp3) is 0.636. The number of halogens is 1. The fourth-order valence-electron chi connectivity index (χ4n) is 4.30. The smallest absolute Gasteiger partial charge is 0.238 e. The quantitative estimate of drug-likeness (QED) is 0.742. The van der Waals surface area contributed by atoms with Crippen LogP contribution in [0.5, 0.6) is 0 Å². The molecule has 0 radical (unpaired) electrons. The molecule has 1 heterocycles. The maximum Gasteiger partial charge on any atom is 0.238 e. The van der Waals surface area contributed by atoms with Crippen LogP contribution in [-0.2, 0) is 9.59 Å². The number of para-hydroxylation sites is 1. The van der Waals surface area contributed by atoms with E-state index in [-0.39, 0.29) is 11.8 Å². The number of amides is 2. The standard InChI is InChI=1S/C22H33ClN4O2/c1-16-6-5-9-19(17(16)2)24-21(28)14-26-10-12-27(13-11-26)15-22(29)25-20-8-4-3-7-18(20)23/h3-4,7-8,16-17,19H,5-6,9-15H2,1-2H3,(H,24,28)(H,25,29)/t16-,17+,19+/m0/s1. The van der Waals surface area contributed by atoms with Crippen molar-refractivity contribution in [3.05, 3.63) is 29.3 Å². The Morgan fingerprint density at radius 1 is 1.00 bits per heavy atom. The Balaban J connectivity index is 1.37. The van der Waals surface area contributed by atoms with Crippen molar-refractivity contribution < 1.29 is 9.59 Å². The molecule has 0 unspecified atom stereocenters. The Bertz CT molecular complexity index is 706. The van der Waals surface area contributed by atoms with Gasteiger partial charge in [-0.15, -0.1) is 0 Å². The van der Waals surface area contributed by atoms with Crippen LogP contribution in [0.3, 0.4) is 0 Å². The maximum atomic E-state index is 12.5. The molecule has 1 aromatic carbocycles. The van der Waals surface area contributed by atoms with E-state index in [1.165, 1.54) is 12.8 Å². The minimum Gasteiger partial charge on any atom is -0.352 e. The summed E-state index contributed by atoms with van der Waals surface area (Å²) in [6.07, 6.45) is 3.55. The molecule has 2 amide bonds. The summed E-state index contributed by atoms with van der Waals surface area (Å²) in [5.74, 6) is 1.28. The van der Waals surface area contributed by atoms with Crippen LogP contribution < -0.4 is 10.6 Å². The van der Waals surface area contributed by atoms with Crippen molar-refractivity contribution in [2.75, 3.05) is 44.6 Å². The maximum absolute atomic E-state index is 12.5. The third kappa shape index (κ3) is 6.43. The van der Waals surface area contributed by atoms with Crippen LogP contribution in [0.4, 0.5) is 5.69 Å². The number of anilines is 1. The average Bonchev–Trinajstić information content (AvgIpc) is 2.69. The molecular formula is C22H33ClN4O2. The van der Waals surface area contributed by atoms with Crippen molar-refractivity contribution in [2.24, 2.45) is 11.8 Å². The number of nitrogens with one attached hydrogen (secondary N) is 2. The molecular weight excluding hydrogens is 388 g/mol. The predicted octanol–water partition coefficient (Wildman–Crippen LogP) is 2.84. The average molecular weight is 421 g/mol. The van der Waals surface area contributed by atoms with Crippen molar-refractivity contribution in [1.82, 2.24) is 15.1 Å². The first kappa shape index (κ1) is 22.1. The number of rotatable bonds is 6. The summed E-state index contributed by atoms with van der Waals surface area (Å²) in [6, 6.07) is 7.55. The molecule has 0 aromatic heterocycles. The van der Waals surface area contributed by atoms with E-state index in [0.29, 0.717) is 41.7 Å². The Hall–Kier alpha value is -1.63. The lowest BCUT2D eigenvalue weighted by atomic mass is 9.78. The van der Waals surface area contributed by atoms with E-state index in [1.807, 2.05) is 12.1 Å². The van der Waals surface area contributed by atoms with E-state index >= 15 is 0 Å². The summed E-state index contributed by atoms with van der Waals surface area (Å²) in [7, 11) is 0. The minimum absolute atomic E-state index is 0.0651. The summed E-state index contributed by atoms with van der Waals surface area (Å²) in [5, 5.41) is 6.66. The van der Waals surface area contributed by atoms with Gasteiger partial charge >= 0.3 is 0 Å². The second kappa shape index (κ2) is 10.4. The van der Waals surface area contributed by atoms with Crippen LogP contribution in [0.1, 0.15) is 33.1 Å². The van der Waals surface area contributed by atoms with Gasteiger partial charge in [-0.2, -0.15) is 0 Å². The van der Waals surface area contributed by atoms with Gasteiger partial charge in [0.1, 0.15) is 0 Å². The van der Waals surface area contributed by atoms with Crippen LogP contribution in [0.2, 0.25) is 5.02 Å². The van der Waals surface area contributed by atoms with Crippen LogP contribution in [0.25, 0.3) is 0 Å². The van der Waals surface area contributed by atoms with E-state index in [2.05, 4.69) is 34.3 Å². The van der Waals surface area contributed by atoms with Crippen molar-refractivity contribution in [2.45, 2.75) is 39.2 Å². The van der Waals surface area contributed by atoms with E-state index in [0.717, 1.165) is 32.6 Å². The molecule has 0 spiro atoms. The number of benzene rings is 1. The number of nitrogens with zero attached hydrogens (tertiary/aromatic N) is 2. The van der Waals surface area contributed by atoms with Gasteiger partial charge in [-0.25, -0.2) is 0 Å². The molecule has 2 aliphatic rings. The van der Waals surface area contributed by atoms with Crippen molar-refractivity contribution in [3.8, 4) is 0 Å². The SMILES string of the molecule is C[C@@H]1[C@@H](C)CCC[C@H]1NC(=O)CN1CCN(CC(=O)Nc2ccccc2Cl)CC1. The van der Waals surface area contributed by atoms with Gasteiger partial charge in [0.05, 0.1) is 23.8 Å². The van der Waals surface area contributed by atoms with Crippen molar-refractivity contribution in [1.29, 1.82) is 0 Å². The summed E-state index contributed by atoms with van der Waals surface area (Å²) < 4.78 is 0. The number of hydrogen-bond donors (Lipinski definition) is 2. The van der Waals surface area contributed by atoms with Crippen LogP contribution >= 0.6 is 11.6 Å². The minimum atomic E-state index is -0.0651. The molecule has 6 nitrogen and oxygen atoms in total. The predicted molar refractivity (Wildman–Crippen MR) is 117 cm³/mol. The van der Waals surface area contributed by atoms with Gasteiger partial charge in [-0.3, -0.25) is 19.4 Å². The fourth-order valence-corrected chi connectivity index (χ4v) is 4.49. The lowest BCUT2D eigenvalue weighted by molar-refractivity contribution is -0.124. The van der Waals surface area contributed by atoms with E-state index in [4.69, 9.17) is 11.6 Å². The Labute approximate surface area is 179 Å². The molecule has 2 fully saturated rings. The normalized spacial score (nSPS) is 26.1. The van der Waals surface area contributed by atoms with Crippen LogP contribution in [0.15, 0.2) is 24.3 Å². The van der Waals surface area contributed by atoms with E-state index < -0.39 is 0 Å². The summed E-state index contributed by atoms with van der Waals surface area (Å²) in [6.45, 7) is 8.46. The Morgan fingerprint density at radius 3 is 2.28 bits per heavy atom. The van der Waals surface area contributed by atoms with Gasteiger partial charge in [0.15, 0.2) is 0 Å². The molecule has 1 saturated carbocycles. The lowest BCUT2D eigenvalue weighted by Gasteiger charge is -2.36. The highest BCUT2D eigenvalue weighted by Crippen LogP contribution is 2.29. The molecule has 3 atom stereocenters. The molecule has 3 rings (SSSR count). The molecule has 2 N–H and O–H groups in total. The van der Waals surface area contributed by atoms with Gasteiger partial charge in [-0.05, 0) is 30.4 Å². The largest absolute Gasteiger partial charge is 0.352 e. The highest BCUT2D eigenvalue weighted by Gasteiger charge is 2.29. The lowest BCUT2D eigenvalue weighted by Crippen LogP contribution is -2.52. The number of carbonyl (C=O) groups excluding carboxylic acids is 2. The summed E-state index contributed by atoms with van der Waals surface area (Å²) >= 11 is 6.09. The molecule has 1 aromatic rings. The number of carbonyl (C=O) groups is 2. The molecule has 1 aliphatic heterocycles. The monoisotopic (exact) mass is 420 g/mol. The first-order chi connectivity index (χ1) is 13.9. The molecule has 1 aliphatic carbocycles. The van der Waals surface area contributed by atoms with Gasteiger partial charge in [0, 0.05) is 32.2 Å². The Kier molecular flexibility index (Phi) is 7.92. The third-order valence-corrected chi connectivity index (χ3v) is 6.73. The number of piperazine rings is 1. The molecule has 0 bridgehead atoms. The van der Waals surface area contributed by atoms with Crippen LogP contribution in [0, 0.1) is 11.8 Å².